The summed E-state index contributed by atoms with van der Waals surface area (Å²) in [6.45, 7) is 0. The van der Waals surface area contributed by atoms with Crippen LogP contribution in [0.2, 0.25) is 0 Å². The highest BCUT2D eigenvalue weighted by Gasteiger charge is 2.16. The zero-order valence-corrected chi connectivity index (χ0v) is 12.3. The van der Waals surface area contributed by atoms with Gasteiger partial charge in [-0.3, -0.25) is 10.2 Å². The fourth-order valence-electron chi connectivity index (χ4n) is 1.62. The number of aromatic carboxylic acids is 1. The summed E-state index contributed by atoms with van der Waals surface area (Å²) in [7, 11) is -4.06. The predicted octanol–water partition coefficient (Wildman–Crippen LogP) is 1.15. The number of halogens is 1. The molecule has 0 unspecified atom stereocenters. The Hall–Kier alpha value is -2.78. The van der Waals surface area contributed by atoms with Crippen molar-refractivity contribution in [3.05, 3.63) is 65.5 Å². The van der Waals surface area contributed by atoms with Crippen LogP contribution in [0.3, 0.4) is 0 Å². The number of hydrogen-bond donors (Lipinski definition) is 3. The SMILES string of the molecule is O=C(O)c1ccc(S(=O)(=O)NNC(=O)c2ccc(F)cc2)cc1. The van der Waals surface area contributed by atoms with Gasteiger partial charge in [0.25, 0.3) is 15.9 Å². The van der Waals surface area contributed by atoms with Gasteiger partial charge in [-0.15, -0.1) is 4.83 Å². The summed E-state index contributed by atoms with van der Waals surface area (Å²) in [4.78, 5) is 24.1. The Balaban J connectivity index is 2.07. The summed E-state index contributed by atoms with van der Waals surface area (Å²) < 4.78 is 36.7. The summed E-state index contributed by atoms with van der Waals surface area (Å²) in [6.07, 6.45) is 0. The molecule has 7 nitrogen and oxygen atoms in total. The molecule has 2 rings (SSSR count). The van der Waals surface area contributed by atoms with Gasteiger partial charge in [-0.05, 0) is 48.5 Å². The Morgan fingerprint density at radius 3 is 1.96 bits per heavy atom. The van der Waals surface area contributed by atoms with Gasteiger partial charge in [0, 0.05) is 5.56 Å². The van der Waals surface area contributed by atoms with Crippen molar-refractivity contribution in [1.29, 1.82) is 0 Å². The van der Waals surface area contributed by atoms with E-state index in [2.05, 4.69) is 0 Å². The van der Waals surface area contributed by atoms with Crippen LogP contribution in [0.15, 0.2) is 53.4 Å². The lowest BCUT2D eigenvalue weighted by atomic mass is 10.2. The number of carboxylic acids is 1. The lowest BCUT2D eigenvalue weighted by molar-refractivity contribution is 0.0696. The Morgan fingerprint density at radius 2 is 1.43 bits per heavy atom. The zero-order chi connectivity index (χ0) is 17.0. The zero-order valence-electron chi connectivity index (χ0n) is 11.5. The first-order valence-corrected chi connectivity index (χ1v) is 7.69. The second-order valence-corrected chi connectivity index (χ2v) is 6.08. The molecule has 0 atom stereocenters. The van der Waals surface area contributed by atoms with E-state index in [9.17, 15) is 22.4 Å². The third-order valence-corrected chi connectivity index (χ3v) is 4.08. The number of rotatable bonds is 5. The monoisotopic (exact) mass is 338 g/mol. The van der Waals surface area contributed by atoms with Gasteiger partial charge in [0.2, 0.25) is 0 Å². The van der Waals surface area contributed by atoms with Crippen molar-refractivity contribution in [2.45, 2.75) is 4.90 Å². The molecule has 0 aliphatic heterocycles. The second-order valence-electron chi connectivity index (χ2n) is 4.40. The van der Waals surface area contributed by atoms with Crippen molar-refractivity contribution in [1.82, 2.24) is 10.3 Å². The third-order valence-electron chi connectivity index (χ3n) is 2.82. The summed E-state index contributed by atoms with van der Waals surface area (Å²) in [6, 6.07) is 8.95. The normalized spacial score (nSPS) is 11.0. The van der Waals surface area contributed by atoms with Crippen molar-refractivity contribution >= 4 is 21.9 Å². The molecule has 2 aromatic rings. The molecule has 0 heterocycles. The maximum Gasteiger partial charge on any atom is 0.335 e. The minimum absolute atomic E-state index is 0.0651. The first-order valence-electron chi connectivity index (χ1n) is 6.21. The van der Waals surface area contributed by atoms with E-state index in [0.29, 0.717) is 0 Å². The van der Waals surface area contributed by atoms with Crippen molar-refractivity contribution in [2.24, 2.45) is 0 Å². The maximum absolute atomic E-state index is 12.8. The van der Waals surface area contributed by atoms with Crippen LogP contribution in [0.25, 0.3) is 0 Å². The van der Waals surface area contributed by atoms with E-state index in [1.165, 1.54) is 12.1 Å². The molecule has 0 aliphatic rings. The smallest absolute Gasteiger partial charge is 0.335 e. The molecule has 3 N–H and O–H groups in total. The summed E-state index contributed by atoms with van der Waals surface area (Å²) in [5.74, 6) is -2.48. The first kappa shape index (κ1) is 16.6. The van der Waals surface area contributed by atoms with Crippen LogP contribution in [0.5, 0.6) is 0 Å². The molecule has 1 amide bonds. The fourth-order valence-corrected chi connectivity index (χ4v) is 2.46. The number of hydrogen-bond acceptors (Lipinski definition) is 4. The Bertz CT molecular complexity index is 832. The predicted molar refractivity (Wildman–Crippen MR) is 77.6 cm³/mol. The summed E-state index contributed by atoms with van der Waals surface area (Å²) in [5, 5.41) is 8.75. The van der Waals surface area contributed by atoms with E-state index in [1.54, 1.807) is 0 Å². The van der Waals surface area contributed by atoms with Crippen LogP contribution in [0.1, 0.15) is 20.7 Å². The number of carboxylic acid groups (broad SMARTS) is 1. The summed E-state index contributed by atoms with van der Waals surface area (Å²) in [5.41, 5.74) is 1.97. The Kier molecular flexibility index (Phi) is 4.72. The molecule has 0 aromatic heterocycles. The lowest BCUT2D eigenvalue weighted by Crippen LogP contribution is -2.41. The molecular formula is C14H11FN2O5S. The number of carbonyl (C=O) groups excluding carboxylic acids is 1. The van der Waals surface area contributed by atoms with Gasteiger partial charge in [-0.2, -0.15) is 0 Å². The van der Waals surface area contributed by atoms with Crippen LogP contribution < -0.4 is 10.3 Å². The number of benzene rings is 2. The van der Waals surface area contributed by atoms with E-state index in [4.69, 9.17) is 5.11 Å². The highest BCUT2D eigenvalue weighted by atomic mass is 32.2. The minimum Gasteiger partial charge on any atom is -0.478 e. The molecule has 0 saturated carbocycles. The quantitative estimate of drug-likeness (QED) is 0.708. The van der Waals surface area contributed by atoms with Crippen LogP contribution >= 0.6 is 0 Å². The first-order chi connectivity index (χ1) is 10.8. The molecule has 0 saturated heterocycles. The maximum atomic E-state index is 12.8. The molecule has 2 aromatic carbocycles. The molecule has 23 heavy (non-hydrogen) atoms. The standard InChI is InChI=1S/C14H11FN2O5S/c15-11-5-1-9(2-6-11)13(18)16-17-23(21,22)12-7-3-10(4-8-12)14(19)20/h1-8,17H,(H,16,18)(H,19,20). The molecule has 0 spiro atoms. The van der Waals surface area contributed by atoms with Gasteiger partial charge in [-0.25, -0.2) is 17.6 Å². The molecule has 0 radical (unpaired) electrons. The van der Waals surface area contributed by atoms with E-state index in [1.807, 2.05) is 10.3 Å². The molecule has 0 bridgehead atoms. The summed E-state index contributed by atoms with van der Waals surface area (Å²) >= 11 is 0. The van der Waals surface area contributed by atoms with Gasteiger partial charge < -0.3 is 5.11 Å². The van der Waals surface area contributed by atoms with E-state index in [-0.39, 0.29) is 16.0 Å². The Labute approximate surface area is 130 Å². The van der Waals surface area contributed by atoms with E-state index >= 15 is 0 Å². The number of sulfonamides is 1. The highest BCUT2D eigenvalue weighted by molar-refractivity contribution is 7.89. The lowest BCUT2D eigenvalue weighted by Gasteiger charge is -2.08. The van der Waals surface area contributed by atoms with Gasteiger partial charge >= 0.3 is 5.97 Å². The fraction of sp³-hybridized carbons (Fsp3) is 0. The highest BCUT2D eigenvalue weighted by Crippen LogP contribution is 2.10. The van der Waals surface area contributed by atoms with Gasteiger partial charge in [0.05, 0.1) is 10.5 Å². The van der Waals surface area contributed by atoms with Crippen LogP contribution in [0.4, 0.5) is 4.39 Å². The average molecular weight is 338 g/mol. The van der Waals surface area contributed by atoms with Gasteiger partial charge in [0.1, 0.15) is 5.82 Å². The van der Waals surface area contributed by atoms with Gasteiger partial charge in [-0.1, -0.05) is 0 Å². The largest absolute Gasteiger partial charge is 0.478 e. The van der Waals surface area contributed by atoms with Crippen molar-refractivity contribution < 1.29 is 27.5 Å². The number of nitrogens with one attached hydrogen (secondary N) is 2. The molecule has 9 heteroatoms. The number of amides is 1. The van der Waals surface area contributed by atoms with Crippen molar-refractivity contribution in [3.8, 4) is 0 Å². The van der Waals surface area contributed by atoms with Crippen LogP contribution in [-0.2, 0) is 10.0 Å². The third kappa shape index (κ3) is 4.11. The van der Waals surface area contributed by atoms with Gasteiger partial charge in [0.15, 0.2) is 0 Å². The molecule has 0 aliphatic carbocycles. The van der Waals surface area contributed by atoms with E-state index in [0.717, 1.165) is 36.4 Å². The Morgan fingerprint density at radius 1 is 0.913 bits per heavy atom. The van der Waals surface area contributed by atoms with Crippen LogP contribution in [-0.4, -0.2) is 25.4 Å². The molecular weight excluding hydrogens is 327 g/mol. The molecule has 0 fully saturated rings. The average Bonchev–Trinajstić information content (AvgIpc) is 2.53. The second kappa shape index (κ2) is 6.55. The van der Waals surface area contributed by atoms with Crippen LogP contribution in [0, 0.1) is 5.82 Å². The number of carbonyl (C=O) groups is 2. The van der Waals surface area contributed by atoms with E-state index < -0.39 is 27.7 Å². The van der Waals surface area contributed by atoms with Crippen molar-refractivity contribution in [3.63, 3.8) is 0 Å². The topological polar surface area (TPSA) is 113 Å². The minimum atomic E-state index is -4.06. The number of hydrazine groups is 1. The van der Waals surface area contributed by atoms with Crippen molar-refractivity contribution in [2.75, 3.05) is 0 Å². The molecule has 120 valence electrons.